The molecule has 5 nitrogen and oxygen atoms in total. The predicted octanol–water partition coefficient (Wildman–Crippen LogP) is 3.55. The lowest BCUT2D eigenvalue weighted by Gasteiger charge is -2.34. The van der Waals surface area contributed by atoms with Crippen molar-refractivity contribution in [1.82, 2.24) is 9.88 Å². The van der Waals surface area contributed by atoms with Crippen molar-refractivity contribution in [3.05, 3.63) is 23.4 Å². The number of piperidine rings is 1. The van der Waals surface area contributed by atoms with Crippen molar-refractivity contribution in [2.24, 2.45) is 0 Å². The molecule has 6 heteroatoms. The zero-order valence-electron chi connectivity index (χ0n) is 12.7. The molecule has 0 bridgehead atoms. The number of aromatic nitrogens is 1. The number of anilines is 1. The molecule has 0 spiro atoms. The van der Waals surface area contributed by atoms with E-state index >= 15 is 0 Å². The van der Waals surface area contributed by atoms with E-state index in [1.165, 1.54) is 0 Å². The van der Waals surface area contributed by atoms with Gasteiger partial charge in [-0.05, 0) is 45.7 Å². The van der Waals surface area contributed by atoms with E-state index in [2.05, 4.69) is 10.3 Å². The van der Waals surface area contributed by atoms with Gasteiger partial charge in [0.1, 0.15) is 11.4 Å². The summed E-state index contributed by atoms with van der Waals surface area (Å²) < 4.78 is 5.42. The van der Waals surface area contributed by atoms with Crippen LogP contribution in [0.2, 0.25) is 5.02 Å². The molecule has 1 unspecified atom stereocenters. The zero-order chi connectivity index (χ0) is 15.5. The van der Waals surface area contributed by atoms with Gasteiger partial charge in [0.15, 0.2) is 0 Å². The van der Waals surface area contributed by atoms with Crippen LogP contribution in [0.3, 0.4) is 0 Å². The maximum absolute atomic E-state index is 12.1. The molecule has 2 heterocycles. The minimum Gasteiger partial charge on any atom is -0.444 e. The van der Waals surface area contributed by atoms with Gasteiger partial charge in [-0.1, -0.05) is 11.6 Å². The number of rotatable bonds is 2. The quantitative estimate of drug-likeness (QED) is 0.907. The van der Waals surface area contributed by atoms with Gasteiger partial charge in [-0.3, -0.25) is 0 Å². The highest BCUT2D eigenvalue weighted by Gasteiger charge is 2.27. The maximum Gasteiger partial charge on any atom is 0.410 e. The Labute approximate surface area is 130 Å². The molecule has 0 radical (unpaired) electrons. The van der Waals surface area contributed by atoms with E-state index in [1.807, 2.05) is 20.8 Å². The Kier molecular flexibility index (Phi) is 4.93. The number of hydrogen-bond acceptors (Lipinski definition) is 4. The van der Waals surface area contributed by atoms with E-state index in [9.17, 15) is 4.79 Å². The number of pyridine rings is 1. The molecule has 116 valence electrons. The van der Waals surface area contributed by atoms with Gasteiger partial charge in [0.25, 0.3) is 0 Å². The van der Waals surface area contributed by atoms with Gasteiger partial charge < -0.3 is 15.0 Å². The van der Waals surface area contributed by atoms with E-state index in [1.54, 1.807) is 23.2 Å². The minimum atomic E-state index is -0.470. The molecule has 2 rings (SSSR count). The summed E-state index contributed by atoms with van der Waals surface area (Å²) in [6.07, 6.45) is 3.34. The van der Waals surface area contributed by atoms with E-state index in [-0.39, 0.29) is 12.1 Å². The molecule has 1 aliphatic rings. The first-order valence-corrected chi connectivity index (χ1v) is 7.58. The molecule has 0 aromatic carbocycles. The van der Waals surface area contributed by atoms with Crippen LogP contribution in [-0.2, 0) is 4.74 Å². The number of amides is 1. The Morgan fingerprint density at radius 3 is 2.95 bits per heavy atom. The zero-order valence-corrected chi connectivity index (χ0v) is 13.5. The summed E-state index contributed by atoms with van der Waals surface area (Å²) in [6.45, 7) is 6.94. The summed E-state index contributed by atoms with van der Waals surface area (Å²) in [5.41, 5.74) is -0.470. The molecular formula is C15H22ClN3O2. The number of carbonyl (C=O) groups is 1. The van der Waals surface area contributed by atoms with Crippen LogP contribution < -0.4 is 5.32 Å². The average Bonchev–Trinajstić information content (AvgIpc) is 2.40. The van der Waals surface area contributed by atoms with Gasteiger partial charge in [0, 0.05) is 25.3 Å². The first kappa shape index (κ1) is 15.9. The number of likely N-dealkylation sites (tertiary alicyclic amines) is 1. The number of carbonyl (C=O) groups excluding carboxylic acids is 1. The molecule has 1 fully saturated rings. The van der Waals surface area contributed by atoms with E-state index in [4.69, 9.17) is 16.3 Å². The lowest BCUT2D eigenvalue weighted by atomic mass is 10.1. The van der Waals surface area contributed by atoms with Crippen LogP contribution in [0.4, 0.5) is 10.6 Å². The van der Waals surface area contributed by atoms with Crippen molar-refractivity contribution in [3.8, 4) is 0 Å². The first-order valence-electron chi connectivity index (χ1n) is 7.20. The third-order valence-electron chi connectivity index (χ3n) is 3.17. The highest BCUT2D eigenvalue weighted by Crippen LogP contribution is 2.22. The predicted molar refractivity (Wildman–Crippen MR) is 83.7 cm³/mol. The topological polar surface area (TPSA) is 54.5 Å². The lowest BCUT2D eigenvalue weighted by Crippen LogP contribution is -2.47. The highest BCUT2D eigenvalue weighted by atomic mass is 35.5. The van der Waals surface area contributed by atoms with Crippen LogP contribution in [-0.4, -0.2) is 40.7 Å². The van der Waals surface area contributed by atoms with Crippen molar-refractivity contribution in [3.63, 3.8) is 0 Å². The molecule has 1 atom stereocenters. The second-order valence-corrected chi connectivity index (χ2v) is 6.65. The molecular weight excluding hydrogens is 290 g/mol. The Hall–Kier alpha value is -1.49. The van der Waals surface area contributed by atoms with Gasteiger partial charge in [-0.15, -0.1) is 0 Å². The summed E-state index contributed by atoms with van der Waals surface area (Å²) in [5, 5.41) is 3.89. The van der Waals surface area contributed by atoms with Gasteiger partial charge in [0.05, 0.1) is 5.02 Å². The molecule has 0 saturated carbocycles. The summed E-state index contributed by atoms with van der Waals surface area (Å²) in [7, 11) is 0. The van der Waals surface area contributed by atoms with Gasteiger partial charge in [0.2, 0.25) is 0 Å². The van der Waals surface area contributed by atoms with Gasteiger partial charge in [-0.25, -0.2) is 9.78 Å². The molecule has 21 heavy (non-hydrogen) atoms. The fraction of sp³-hybridized carbons (Fsp3) is 0.600. The lowest BCUT2D eigenvalue weighted by molar-refractivity contribution is 0.0206. The van der Waals surface area contributed by atoms with Crippen molar-refractivity contribution in [2.75, 3.05) is 18.4 Å². The van der Waals surface area contributed by atoms with Crippen molar-refractivity contribution >= 4 is 23.5 Å². The number of halogens is 1. The molecule has 1 N–H and O–H groups in total. The maximum atomic E-state index is 12.1. The fourth-order valence-electron chi connectivity index (χ4n) is 2.27. The van der Waals surface area contributed by atoms with Crippen molar-refractivity contribution in [2.45, 2.75) is 45.3 Å². The standard InChI is InChI=1S/C15H22ClN3O2/c1-15(2,3)21-14(20)19-9-5-6-11(10-19)18-13-12(16)7-4-8-17-13/h4,7-8,11H,5-6,9-10H2,1-3H3,(H,17,18). The number of nitrogens with one attached hydrogen (secondary N) is 1. The largest absolute Gasteiger partial charge is 0.444 e. The molecule has 1 aliphatic heterocycles. The summed E-state index contributed by atoms with van der Waals surface area (Å²) >= 11 is 6.10. The van der Waals surface area contributed by atoms with Gasteiger partial charge in [-0.2, -0.15) is 0 Å². The summed E-state index contributed by atoms with van der Waals surface area (Å²) in [4.78, 5) is 18.1. The number of nitrogens with zero attached hydrogens (tertiary/aromatic N) is 2. The third kappa shape index (κ3) is 4.77. The normalized spacial score (nSPS) is 19.2. The third-order valence-corrected chi connectivity index (χ3v) is 3.48. The van der Waals surface area contributed by atoms with E-state index in [0.29, 0.717) is 17.4 Å². The Morgan fingerprint density at radius 2 is 2.29 bits per heavy atom. The van der Waals surface area contributed by atoms with Gasteiger partial charge >= 0.3 is 6.09 Å². The second kappa shape index (κ2) is 6.52. The Balaban J connectivity index is 1.95. The van der Waals surface area contributed by atoms with Crippen LogP contribution in [0.15, 0.2) is 18.3 Å². The van der Waals surface area contributed by atoms with Crippen LogP contribution in [0.1, 0.15) is 33.6 Å². The van der Waals surface area contributed by atoms with Crippen molar-refractivity contribution < 1.29 is 9.53 Å². The van der Waals surface area contributed by atoms with Crippen LogP contribution in [0.5, 0.6) is 0 Å². The smallest absolute Gasteiger partial charge is 0.410 e. The van der Waals surface area contributed by atoms with Crippen LogP contribution in [0, 0.1) is 0 Å². The molecule has 1 amide bonds. The first-order chi connectivity index (χ1) is 9.85. The molecule has 1 aromatic rings. The fourth-order valence-corrected chi connectivity index (χ4v) is 2.45. The van der Waals surface area contributed by atoms with Crippen molar-refractivity contribution in [1.29, 1.82) is 0 Å². The monoisotopic (exact) mass is 311 g/mol. The van der Waals surface area contributed by atoms with E-state index < -0.39 is 5.60 Å². The minimum absolute atomic E-state index is 0.138. The average molecular weight is 312 g/mol. The second-order valence-electron chi connectivity index (χ2n) is 6.24. The number of hydrogen-bond donors (Lipinski definition) is 1. The number of ether oxygens (including phenoxy) is 1. The van der Waals surface area contributed by atoms with E-state index in [0.717, 1.165) is 19.4 Å². The summed E-state index contributed by atoms with van der Waals surface area (Å²) in [5.74, 6) is 0.662. The SMILES string of the molecule is CC(C)(C)OC(=O)N1CCCC(Nc2ncccc2Cl)C1. The Bertz CT molecular complexity index is 502. The molecule has 0 aliphatic carbocycles. The highest BCUT2D eigenvalue weighted by molar-refractivity contribution is 6.32. The Morgan fingerprint density at radius 1 is 1.52 bits per heavy atom. The van der Waals surface area contributed by atoms with Crippen LogP contribution in [0.25, 0.3) is 0 Å². The molecule has 1 aromatic heterocycles. The molecule has 1 saturated heterocycles. The summed E-state index contributed by atoms with van der Waals surface area (Å²) in [6, 6.07) is 3.73. The van der Waals surface area contributed by atoms with Crippen LogP contribution >= 0.6 is 11.6 Å².